The van der Waals surface area contributed by atoms with E-state index in [1.165, 1.54) is 5.38 Å². The number of nitrogens with one attached hydrogen (secondary N) is 1. The molecule has 0 unspecified atom stereocenters. The van der Waals surface area contributed by atoms with Gasteiger partial charge < -0.3 is 10.4 Å². The molecule has 1 aromatic heterocycles. The molecule has 0 aliphatic carbocycles. The van der Waals surface area contributed by atoms with Gasteiger partial charge in [-0.15, -0.1) is 11.3 Å². The molecule has 0 bridgehead atoms. The number of aromatic nitrogens is 1. The summed E-state index contributed by atoms with van der Waals surface area (Å²) in [6, 6.07) is 2.86. The van der Waals surface area contributed by atoms with Crippen molar-refractivity contribution in [1.29, 1.82) is 0 Å². The molecule has 0 aliphatic rings. The van der Waals surface area contributed by atoms with Gasteiger partial charge in [0.2, 0.25) is 5.82 Å². The maximum atomic E-state index is 13.4. The standard InChI is InChI=1S/C11H6FN3O5S/c12-6-3-5(1-2-8(6)15(19)20)13-9(16)10-14-7(4-21-10)11(17)18/h1-4H,(H,13,16)(H,17,18). The third kappa shape index (κ3) is 3.17. The molecule has 0 spiro atoms. The van der Waals surface area contributed by atoms with Crippen LogP contribution in [0.1, 0.15) is 20.3 Å². The summed E-state index contributed by atoms with van der Waals surface area (Å²) >= 11 is 0.812. The van der Waals surface area contributed by atoms with Crippen molar-refractivity contribution in [3.05, 3.63) is 50.2 Å². The highest BCUT2D eigenvalue weighted by atomic mass is 32.1. The zero-order chi connectivity index (χ0) is 15.6. The van der Waals surface area contributed by atoms with Crippen LogP contribution in [-0.2, 0) is 0 Å². The fraction of sp³-hybridized carbons (Fsp3) is 0. The lowest BCUT2D eigenvalue weighted by Gasteiger charge is -2.03. The minimum absolute atomic E-state index is 0.00447. The second-order valence-corrected chi connectivity index (χ2v) is 4.58. The van der Waals surface area contributed by atoms with Gasteiger partial charge in [-0.05, 0) is 6.07 Å². The van der Waals surface area contributed by atoms with E-state index in [4.69, 9.17) is 5.11 Å². The number of halogens is 1. The highest BCUT2D eigenvalue weighted by Crippen LogP contribution is 2.21. The molecule has 0 aliphatic heterocycles. The topological polar surface area (TPSA) is 122 Å². The fourth-order valence-corrected chi connectivity index (χ4v) is 2.08. The molecule has 1 aromatic carbocycles. The molecule has 10 heteroatoms. The van der Waals surface area contributed by atoms with Crippen LogP contribution in [0.5, 0.6) is 0 Å². The summed E-state index contributed by atoms with van der Waals surface area (Å²) in [7, 11) is 0. The van der Waals surface area contributed by atoms with Crippen LogP contribution in [0.2, 0.25) is 0 Å². The number of benzene rings is 1. The largest absolute Gasteiger partial charge is 0.476 e. The number of rotatable bonds is 4. The number of hydrogen-bond acceptors (Lipinski definition) is 6. The fourth-order valence-electron chi connectivity index (χ4n) is 1.39. The molecule has 2 aromatic rings. The van der Waals surface area contributed by atoms with Gasteiger partial charge in [0.15, 0.2) is 10.7 Å². The summed E-state index contributed by atoms with van der Waals surface area (Å²) in [5.74, 6) is -3.10. The van der Waals surface area contributed by atoms with Crippen LogP contribution in [0.4, 0.5) is 15.8 Å². The number of anilines is 1. The van der Waals surface area contributed by atoms with Crippen LogP contribution in [0.25, 0.3) is 0 Å². The number of nitrogens with zero attached hydrogens (tertiary/aromatic N) is 2. The van der Waals surface area contributed by atoms with Crippen LogP contribution in [0, 0.1) is 15.9 Å². The zero-order valence-electron chi connectivity index (χ0n) is 10.1. The first-order chi connectivity index (χ1) is 9.88. The Bertz CT molecular complexity index is 745. The van der Waals surface area contributed by atoms with E-state index in [0.29, 0.717) is 0 Å². The number of nitro groups is 1. The molecule has 1 heterocycles. The van der Waals surface area contributed by atoms with E-state index in [2.05, 4.69) is 10.3 Å². The van der Waals surface area contributed by atoms with Crippen LogP contribution in [0.3, 0.4) is 0 Å². The monoisotopic (exact) mass is 311 g/mol. The van der Waals surface area contributed by atoms with E-state index in [9.17, 15) is 24.1 Å². The molecule has 21 heavy (non-hydrogen) atoms. The van der Waals surface area contributed by atoms with Crippen molar-refractivity contribution in [3.8, 4) is 0 Å². The maximum Gasteiger partial charge on any atom is 0.355 e. The molecule has 2 N–H and O–H groups in total. The number of carbonyl (C=O) groups is 2. The Morgan fingerprint density at radius 3 is 2.67 bits per heavy atom. The third-order valence-corrected chi connectivity index (χ3v) is 3.16. The van der Waals surface area contributed by atoms with Crippen molar-refractivity contribution >= 4 is 34.6 Å². The summed E-state index contributed by atoms with van der Waals surface area (Å²) in [6.07, 6.45) is 0. The highest BCUT2D eigenvalue weighted by molar-refractivity contribution is 7.12. The number of hydrogen-bond donors (Lipinski definition) is 2. The lowest BCUT2D eigenvalue weighted by molar-refractivity contribution is -0.387. The molecule has 0 saturated heterocycles. The van der Waals surface area contributed by atoms with Crippen molar-refractivity contribution in [1.82, 2.24) is 4.98 Å². The number of aromatic carboxylic acids is 1. The van der Waals surface area contributed by atoms with Gasteiger partial charge in [0.25, 0.3) is 5.91 Å². The number of carbonyl (C=O) groups excluding carboxylic acids is 1. The van der Waals surface area contributed by atoms with E-state index in [1.54, 1.807) is 0 Å². The summed E-state index contributed by atoms with van der Waals surface area (Å²) in [4.78, 5) is 35.6. The molecular formula is C11H6FN3O5S. The molecule has 0 fully saturated rings. The van der Waals surface area contributed by atoms with Gasteiger partial charge in [-0.25, -0.2) is 9.78 Å². The van der Waals surface area contributed by atoms with Crippen LogP contribution < -0.4 is 5.32 Å². The molecule has 8 nitrogen and oxygen atoms in total. The summed E-state index contributed by atoms with van der Waals surface area (Å²) in [5, 5.41) is 22.5. The number of amides is 1. The number of carboxylic acid groups (broad SMARTS) is 1. The predicted octanol–water partition coefficient (Wildman–Crippen LogP) is 2.14. The number of thiazole rings is 1. The normalized spacial score (nSPS) is 10.1. The Hall–Kier alpha value is -2.88. The Kier molecular flexibility index (Phi) is 3.89. The molecule has 2 rings (SSSR count). The zero-order valence-corrected chi connectivity index (χ0v) is 10.9. The first-order valence-electron chi connectivity index (χ1n) is 5.32. The Labute approximate surface area is 120 Å². The van der Waals surface area contributed by atoms with E-state index in [0.717, 1.165) is 29.5 Å². The molecular weight excluding hydrogens is 305 g/mol. The van der Waals surface area contributed by atoms with Gasteiger partial charge in [-0.3, -0.25) is 14.9 Å². The average molecular weight is 311 g/mol. The number of nitro benzene ring substituents is 1. The van der Waals surface area contributed by atoms with Crippen LogP contribution in [0.15, 0.2) is 23.6 Å². The number of carboxylic acids is 1. The predicted molar refractivity (Wildman–Crippen MR) is 70.1 cm³/mol. The smallest absolute Gasteiger partial charge is 0.355 e. The van der Waals surface area contributed by atoms with Gasteiger partial charge in [-0.1, -0.05) is 0 Å². The Morgan fingerprint density at radius 1 is 1.43 bits per heavy atom. The van der Waals surface area contributed by atoms with Gasteiger partial charge in [0, 0.05) is 23.2 Å². The van der Waals surface area contributed by atoms with E-state index < -0.39 is 28.3 Å². The summed E-state index contributed by atoms with van der Waals surface area (Å²) in [5.41, 5.74) is -0.995. The molecule has 0 radical (unpaired) electrons. The second kappa shape index (κ2) is 5.63. The van der Waals surface area contributed by atoms with Crippen molar-refractivity contribution < 1.29 is 24.0 Å². The minimum Gasteiger partial charge on any atom is -0.476 e. The Balaban J connectivity index is 2.17. The first kappa shape index (κ1) is 14.5. The SMILES string of the molecule is O=C(O)c1csc(C(=O)Nc2ccc([N+](=O)[O-])c(F)c2)n1. The molecule has 0 saturated carbocycles. The van der Waals surface area contributed by atoms with Crippen molar-refractivity contribution in [2.24, 2.45) is 0 Å². The van der Waals surface area contributed by atoms with E-state index in [1.807, 2.05) is 0 Å². The van der Waals surface area contributed by atoms with Gasteiger partial charge >= 0.3 is 11.7 Å². The first-order valence-corrected chi connectivity index (χ1v) is 6.20. The minimum atomic E-state index is -1.27. The van der Waals surface area contributed by atoms with Crippen molar-refractivity contribution in [3.63, 3.8) is 0 Å². The molecule has 108 valence electrons. The van der Waals surface area contributed by atoms with Crippen LogP contribution in [-0.4, -0.2) is 26.9 Å². The van der Waals surface area contributed by atoms with Crippen LogP contribution >= 0.6 is 11.3 Å². The quantitative estimate of drug-likeness (QED) is 0.658. The van der Waals surface area contributed by atoms with Gasteiger partial charge in [0.1, 0.15) is 0 Å². The summed E-state index contributed by atoms with van der Waals surface area (Å²) in [6.45, 7) is 0. The molecule has 1 amide bonds. The maximum absolute atomic E-state index is 13.4. The Morgan fingerprint density at radius 2 is 2.14 bits per heavy atom. The third-order valence-electron chi connectivity index (χ3n) is 2.32. The van der Waals surface area contributed by atoms with Gasteiger partial charge in [0.05, 0.1) is 4.92 Å². The second-order valence-electron chi connectivity index (χ2n) is 3.72. The van der Waals surface area contributed by atoms with E-state index >= 15 is 0 Å². The average Bonchev–Trinajstić information content (AvgIpc) is 2.88. The van der Waals surface area contributed by atoms with Crippen molar-refractivity contribution in [2.75, 3.05) is 5.32 Å². The highest BCUT2D eigenvalue weighted by Gasteiger charge is 2.17. The molecule has 0 atom stereocenters. The lowest BCUT2D eigenvalue weighted by Crippen LogP contribution is -2.12. The van der Waals surface area contributed by atoms with Gasteiger partial charge in [-0.2, -0.15) is 4.39 Å². The lowest BCUT2D eigenvalue weighted by atomic mass is 10.2. The van der Waals surface area contributed by atoms with Crippen molar-refractivity contribution in [2.45, 2.75) is 0 Å². The van der Waals surface area contributed by atoms with E-state index in [-0.39, 0.29) is 16.4 Å². The summed E-state index contributed by atoms with van der Waals surface area (Å²) < 4.78 is 13.4.